The van der Waals surface area contributed by atoms with Crippen LogP contribution in [0.25, 0.3) is 0 Å². The minimum atomic E-state index is -0.256. The fraction of sp³-hybridized carbons (Fsp3) is 0.641. The number of unbranched alkanes of at least 4 members (excludes halogenated alkanes) is 3. The molecule has 2 aliphatic heterocycles. The number of allylic oxidation sites excluding steroid dienone is 2. The Kier molecular flexibility index (Phi) is 31.5. The van der Waals surface area contributed by atoms with E-state index in [4.69, 9.17) is 10.5 Å². The van der Waals surface area contributed by atoms with Crippen molar-refractivity contribution in [3.63, 3.8) is 0 Å². The van der Waals surface area contributed by atoms with Crippen molar-refractivity contribution in [3.05, 3.63) is 49.6 Å². The van der Waals surface area contributed by atoms with Crippen LogP contribution < -0.4 is 36.6 Å². The van der Waals surface area contributed by atoms with Gasteiger partial charge in [-0.05, 0) is 71.4 Å². The summed E-state index contributed by atoms with van der Waals surface area (Å²) in [6, 6.07) is 7.27. The molecule has 11 nitrogen and oxygen atoms in total. The molecular weight excluding hydrogens is 665 g/mol. The number of carbonyl (C=O) groups is 4. The van der Waals surface area contributed by atoms with E-state index in [0.29, 0.717) is 42.6 Å². The number of para-hydroxylation sites is 2. The van der Waals surface area contributed by atoms with E-state index in [0.717, 1.165) is 50.7 Å². The zero-order valence-electron chi connectivity index (χ0n) is 32.8. The highest BCUT2D eigenvalue weighted by Crippen LogP contribution is 2.33. The quantitative estimate of drug-likeness (QED) is 0.0458. The maximum Gasteiger partial charge on any atom is 0.315 e. The molecule has 2 aliphatic rings. The number of nitrogens with one attached hydrogen (secondary N) is 4. The summed E-state index contributed by atoms with van der Waals surface area (Å²) in [6.07, 6.45) is 10.9. The van der Waals surface area contributed by atoms with Gasteiger partial charge in [0.2, 0.25) is 18.2 Å². The molecule has 1 aromatic carbocycles. The first-order valence-electron chi connectivity index (χ1n) is 18.7. The maximum absolute atomic E-state index is 12.4. The summed E-state index contributed by atoms with van der Waals surface area (Å²) in [4.78, 5) is 49.1. The zero-order valence-corrected chi connectivity index (χ0v) is 33.6. The van der Waals surface area contributed by atoms with Crippen molar-refractivity contribution in [2.75, 3.05) is 30.3 Å². The Balaban J connectivity index is 0. The first-order valence-corrected chi connectivity index (χ1v) is 19.8. The van der Waals surface area contributed by atoms with Crippen LogP contribution in [0.4, 0.5) is 10.5 Å². The molecule has 0 saturated carbocycles. The molecule has 292 valence electrons. The van der Waals surface area contributed by atoms with Crippen molar-refractivity contribution >= 4 is 41.7 Å². The minimum Gasteiger partial charge on any atom is -0.487 e. The van der Waals surface area contributed by atoms with Crippen LogP contribution in [0.3, 0.4) is 0 Å². The van der Waals surface area contributed by atoms with Crippen LogP contribution in [0.15, 0.2) is 49.6 Å². The second kappa shape index (κ2) is 32.4. The molecule has 6 N–H and O–H groups in total. The van der Waals surface area contributed by atoms with Crippen molar-refractivity contribution in [1.29, 1.82) is 0 Å². The summed E-state index contributed by atoms with van der Waals surface area (Å²) in [5.74, 6) is 1.26. The van der Waals surface area contributed by atoms with Crippen molar-refractivity contribution in [1.82, 2.24) is 21.3 Å². The molecule has 0 spiro atoms. The van der Waals surface area contributed by atoms with Crippen LogP contribution >= 0.6 is 11.8 Å². The first-order chi connectivity index (χ1) is 24.6. The van der Waals surface area contributed by atoms with E-state index in [2.05, 4.69) is 41.3 Å². The molecule has 0 radical (unpaired) electrons. The number of urea groups is 1. The van der Waals surface area contributed by atoms with E-state index in [-0.39, 0.29) is 48.6 Å². The van der Waals surface area contributed by atoms with E-state index in [1.807, 2.05) is 66.3 Å². The standard InChI is InChI=1S/C28H44N6O5S.C4H8.C3H6.2C2H6/c1-19(29)20(2)39-23-11-5-4-10-22(23)34(18-35)16-26(37)31-15-9-3-8-14-30-25(36)13-7-6-12-24-27-21(17-40-24)32-28(38)33-27;1-3-4-2;1-3-2;2*1-2/h4-5,10-11,18-21,24,27H,3,6-9,12-17,29H2,1-2H3,(H,30,36)(H,31,37)(H2,32,33,38);3H,1,4H2,2H3;3H,1H2,2H3;2*1-2H3/t19?,20?,21-,24?,27-;;;;/m0..../s1. The summed E-state index contributed by atoms with van der Waals surface area (Å²) in [7, 11) is 0. The molecule has 2 heterocycles. The van der Waals surface area contributed by atoms with Crippen LogP contribution in [-0.4, -0.2) is 79.1 Å². The van der Waals surface area contributed by atoms with Gasteiger partial charge < -0.3 is 36.6 Å². The lowest BCUT2D eigenvalue weighted by Crippen LogP contribution is -2.38. The molecule has 0 aliphatic carbocycles. The number of rotatable bonds is 19. The number of fused-ring (bicyclic) bond motifs is 1. The first kappa shape index (κ1) is 49.6. The van der Waals surface area contributed by atoms with Crippen molar-refractivity contribution < 1.29 is 23.9 Å². The molecule has 1 aromatic rings. The molecule has 3 rings (SSSR count). The summed E-state index contributed by atoms with van der Waals surface area (Å²) in [6.45, 7) is 23.5. The van der Waals surface area contributed by atoms with Gasteiger partial charge in [-0.1, -0.05) is 65.3 Å². The van der Waals surface area contributed by atoms with Crippen LogP contribution in [0, 0.1) is 0 Å². The van der Waals surface area contributed by atoms with Gasteiger partial charge in [-0.15, -0.1) is 13.2 Å². The summed E-state index contributed by atoms with van der Waals surface area (Å²) in [5.41, 5.74) is 6.41. The molecule has 12 heteroatoms. The number of nitrogens with two attached hydrogens (primary N) is 1. The van der Waals surface area contributed by atoms with E-state index in [9.17, 15) is 19.2 Å². The third-order valence-electron chi connectivity index (χ3n) is 7.54. The van der Waals surface area contributed by atoms with Crippen molar-refractivity contribution in [2.24, 2.45) is 5.73 Å². The fourth-order valence-electron chi connectivity index (χ4n) is 4.74. The highest BCUT2D eigenvalue weighted by Gasteiger charge is 2.42. The van der Waals surface area contributed by atoms with Crippen LogP contribution in [0.1, 0.15) is 107 Å². The SMILES string of the molecule is C=CC.C=CCC.CC.CC.CC(N)C(C)Oc1ccccc1N(C=O)CC(=O)NCCCCCNC(=O)CCCCC1SC[C@@H]2NC(=O)N[C@H]12. The molecule has 2 fully saturated rings. The van der Waals surface area contributed by atoms with Gasteiger partial charge in [-0.3, -0.25) is 14.4 Å². The number of thioether (sulfide) groups is 1. The summed E-state index contributed by atoms with van der Waals surface area (Å²) in [5, 5.41) is 12.2. The molecule has 51 heavy (non-hydrogen) atoms. The Morgan fingerprint density at radius 1 is 1.02 bits per heavy atom. The van der Waals surface area contributed by atoms with Gasteiger partial charge >= 0.3 is 6.03 Å². The van der Waals surface area contributed by atoms with Gasteiger partial charge in [0.05, 0.1) is 17.8 Å². The van der Waals surface area contributed by atoms with E-state index >= 15 is 0 Å². The molecule has 3 unspecified atom stereocenters. The van der Waals surface area contributed by atoms with Crippen LogP contribution in [-0.2, 0) is 14.4 Å². The average molecular weight is 735 g/mol. The Hall–Kier alpha value is -3.51. The van der Waals surface area contributed by atoms with Gasteiger partial charge in [0.15, 0.2) is 0 Å². The average Bonchev–Trinajstić information content (AvgIpc) is 3.70. The Bertz CT molecular complexity index is 1110. The molecule has 0 bridgehead atoms. The van der Waals surface area contributed by atoms with Gasteiger partial charge in [0.25, 0.3) is 0 Å². The highest BCUT2D eigenvalue weighted by atomic mass is 32.2. The van der Waals surface area contributed by atoms with E-state index < -0.39 is 0 Å². The minimum absolute atomic E-state index is 0.0645. The number of carbonyl (C=O) groups excluding carboxylic acids is 4. The summed E-state index contributed by atoms with van der Waals surface area (Å²) >= 11 is 1.90. The van der Waals surface area contributed by atoms with Crippen LogP contribution in [0.5, 0.6) is 5.75 Å². The van der Waals surface area contributed by atoms with Crippen LogP contribution in [0.2, 0.25) is 0 Å². The Morgan fingerprint density at radius 3 is 2.18 bits per heavy atom. The third-order valence-corrected chi connectivity index (χ3v) is 9.05. The number of hydrogen-bond donors (Lipinski definition) is 5. The monoisotopic (exact) mass is 735 g/mol. The van der Waals surface area contributed by atoms with E-state index in [1.54, 1.807) is 30.3 Å². The number of amides is 5. The smallest absolute Gasteiger partial charge is 0.315 e. The highest BCUT2D eigenvalue weighted by molar-refractivity contribution is 8.00. The molecule has 5 amide bonds. The van der Waals surface area contributed by atoms with Gasteiger partial charge in [0, 0.05) is 36.6 Å². The topological polar surface area (TPSA) is 155 Å². The molecular formula is C39H70N6O5S. The normalized spacial score (nSPS) is 17.4. The Labute approximate surface area is 313 Å². The Morgan fingerprint density at radius 2 is 1.61 bits per heavy atom. The maximum atomic E-state index is 12.4. The number of ether oxygens (including phenoxy) is 1. The number of nitrogens with zero attached hydrogens (tertiary/aromatic N) is 1. The number of anilines is 1. The number of benzene rings is 1. The van der Waals surface area contributed by atoms with Gasteiger partial charge in [-0.2, -0.15) is 11.8 Å². The van der Waals surface area contributed by atoms with Gasteiger partial charge in [0.1, 0.15) is 18.4 Å². The lowest BCUT2D eigenvalue weighted by atomic mass is 10.0. The van der Waals surface area contributed by atoms with E-state index in [1.165, 1.54) is 4.90 Å². The third kappa shape index (κ3) is 22.1. The second-order valence-corrected chi connectivity index (χ2v) is 12.9. The largest absolute Gasteiger partial charge is 0.487 e. The predicted molar refractivity (Wildman–Crippen MR) is 216 cm³/mol. The lowest BCUT2D eigenvalue weighted by molar-refractivity contribution is -0.121. The zero-order chi connectivity index (χ0) is 39.0. The summed E-state index contributed by atoms with van der Waals surface area (Å²) < 4.78 is 5.89. The van der Waals surface area contributed by atoms with Crippen molar-refractivity contribution in [3.8, 4) is 5.75 Å². The second-order valence-electron chi connectivity index (χ2n) is 11.6. The van der Waals surface area contributed by atoms with Crippen molar-refractivity contribution in [2.45, 2.75) is 136 Å². The predicted octanol–water partition coefficient (Wildman–Crippen LogP) is 6.72. The molecule has 5 atom stereocenters. The fourth-order valence-corrected chi connectivity index (χ4v) is 6.28. The lowest BCUT2D eigenvalue weighted by Gasteiger charge is -2.24. The molecule has 2 saturated heterocycles. The number of hydrogen-bond acceptors (Lipinski definition) is 7. The molecule has 0 aromatic heterocycles. The van der Waals surface area contributed by atoms with Gasteiger partial charge in [-0.25, -0.2) is 4.79 Å².